The molecule has 3 aromatic heterocycles. The minimum absolute atomic E-state index is 0.294. The van der Waals surface area contributed by atoms with Gasteiger partial charge < -0.3 is 5.32 Å². The molecule has 1 atom stereocenters. The number of hydrogen-bond acceptors (Lipinski definition) is 4. The van der Waals surface area contributed by atoms with Gasteiger partial charge in [-0.05, 0) is 42.5 Å². The second-order valence-electron chi connectivity index (χ2n) is 5.74. The lowest BCUT2D eigenvalue weighted by Gasteiger charge is -2.11. The largest absolute Gasteiger partial charge is 0.306 e. The molecule has 23 heavy (non-hydrogen) atoms. The smallest absolute Gasteiger partial charge is 0.260 e. The Labute approximate surface area is 131 Å². The molecule has 1 aliphatic rings. The predicted octanol–water partition coefficient (Wildman–Crippen LogP) is 2.57. The molecule has 0 unspecified atom stereocenters. The topological polar surface area (TPSA) is 72.2 Å². The molecule has 1 N–H and O–H groups in total. The summed E-state index contributed by atoms with van der Waals surface area (Å²) < 4.78 is 14.8. The average Bonchev–Trinajstić information content (AvgIpc) is 3.15. The predicted molar refractivity (Wildman–Crippen MR) is 81.9 cm³/mol. The van der Waals surface area contributed by atoms with Crippen molar-refractivity contribution in [2.45, 2.75) is 25.7 Å². The highest BCUT2D eigenvalue weighted by Crippen LogP contribution is 2.34. The molecule has 3 aromatic rings. The minimum atomic E-state index is -0.450. The lowest BCUT2D eigenvalue weighted by Crippen LogP contribution is -2.15. The van der Waals surface area contributed by atoms with E-state index in [4.69, 9.17) is 0 Å². The number of halogens is 1. The Balaban J connectivity index is 1.76. The summed E-state index contributed by atoms with van der Waals surface area (Å²) in [6, 6.07) is 4.56. The number of carbonyl (C=O) groups is 1. The molecule has 0 aliphatic heterocycles. The Morgan fingerprint density at radius 1 is 1.43 bits per heavy atom. The lowest BCUT2D eigenvalue weighted by atomic mass is 10.0. The summed E-state index contributed by atoms with van der Waals surface area (Å²) in [6.45, 7) is 2.14. The van der Waals surface area contributed by atoms with Gasteiger partial charge in [-0.25, -0.2) is 9.37 Å². The quantitative estimate of drug-likeness (QED) is 0.789. The number of nitrogens with zero attached hydrogens (tertiary/aromatic N) is 4. The summed E-state index contributed by atoms with van der Waals surface area (Å²) in [5, 5.41) is 10.7. The van der Waals surface area contributed by atoms with Crippen molar-refractivity contribution in [2.24, 2.45) is 0 Å². The van der Waals surface area contributed by atoms with Crippen LogP contribution in [-0.2, 0) is 6.42 Å². The van der Waals surface area contributed by atoms with Gasteiger partial charge in [-0.3, -0.25) is 9.20 Å². The van der Waals surface area contributed by atoms with E-state index in [0.29, 0.717) is 22.9 Å². The van der Waals surface area contributed by atoms with Gasteiger partial charge in [0.2, 0.25) is 0 Å². The molecule has 6 nitrogen and oxygen atoms in total. The van der Waals surface area contributed by atoms with E-state index in [2.05, 4.69) is 27.4 Å². The van der Waals surface area contributed by atoms with Crippen LogP contribution in [0, 0.1) is 5.82 Å². The normalized spacial score (nSPS) is 16.5. The summed E-state index contributed by atoms with van der Waals surface area (Å²) in [5.74, 6) is -0.0897. The molecule has 116 valence electrons. The van der Waals surface area contributed by atoms with Crippen LogP contribution >= 0.6 is 0 Å². The van der Waals surface area contributed by atoms with Crippen molar-refractivity contribution in [3.8, 4) is 0 Å². The molecule has 0 spiro atoms. The number of fused-ring (bicyclic) bond motifs is 3. The van der Waals surface area contributed by atoms with E-state index in [1.54, 1.807) is 6.33 Å². The molecule has 0 saturated carbocycles. The van der Waals surface area contributed by atoms with Gasteiger partial charge in [-0.1, -0.05) is 6.92 Å². The van der Waals surface area contributed by atoms with Gasteiger partial charge in [0.05, 0.1) is 11.8 Å². The van der Waals surface area contributed by atoms with E-state index in [0.717, 1.165) is 30.3 Å². The zero-order valence-corrected chi connectivity index (χ0v) is 12.5. The molecular weight excluding hydrogens is 297 g/mol. The van der Waals surface area contributed by atoms with E-state index >= 15 is 0 Å². The van der Waals surface area contributed by atoms with Gasteiger partial charge in [0.1, 0.15) is 18.0 Å². The molecule has 0 radical (unpaired) electrons. The number of carbonyl (C=O) groups excluding carboxylic acids is 1. The number of nitrogens with one attached hydrogen (secondary N) is 1. The molecule has 4 rings (SSSR count). The second-order valence-corrected chi connectivity index (χ2v) is 5.74. The number of hydrogen-bond donors (Lipinski definition) is 1. The van der Waals surface area contributed by atoms with Crippen molar-refractivity contribution in [3.05, 3.63) is 53.4 Å². The highest BCUT2D eigenvalue weighted by atomic mass is 19.1. The third kappa shape index (κ3) is 2.25. The van der Waals surface area contributed by atoms with Crippen LogP contribution < -0.4 is 5.32 Å². The third-order valence-corrected chi connectivity index (χ3v) is 4.27. The number of aromatic nitrogens is 4. The number of anilines is 1. The fourth-order valence-corrected chi connectivity index (χ4v) is 3.06. The van der Waals surface area contributed by atoms with Crippen LogP contribution in [0.1, 0.15) is 40.9 Å². The van der Waals surface area contributed by atoms with Crippen molar-refractivity contribution >= 4 is 17.4 Å². The molecule has 1 amide bonds. The summed E-state index contributed by atoms with van der Waals surface area (Å²) in [5.41, 5.74) is 3.28. The minimum Gasteiger partial charge on any atom is -0.306 e. The molecule has 3 heterocycles. The highest BCUT2D eigenvalue weighted by molar-refractivity contribution is 6.08. The Hall–Kier alpha value is -2.83. The van der Waals surface area contributed by atoms with Gasteiger partial charge >= 0.3 is 0 Å². The van der Waals surface area contributed by atoms with Crippen molar-refractivity contribution in [3.63, 3.8) is 0 Å². The van der Waals surface area contributed by atoms with Crippen LogP contribution in [0.25, 0.3) is 5.65 Å². The first-order valence-electron chi connectivity index (χ1n) is 7.42. The van der Waals surface area contributed by atoms with Crippen LogP contribution in [-0.4, -0.2) is 25.5 Å². The first-order chi connectivity index (χ1) is 11.1. The lowest BCUT2D eigenvalue weighted by molar-refractivity contribution is 0.102. The summed E-state index contributed by atoms with van der Waals surface area (Å²) >= 11 is 0. The van der Waals surface area contributed by atoms with Crippen molar-refractivity contribution < 1.29 is 9.18 Å². The Morgan fingerprint density at radius 3 is 3.09 bits per heavy atom. The van der Waals surface area contributed by atoms with Crippen LogP contribution in [0.4, 0.5) is 10.2 Å². The van der Waals surface area contributed by atoms with Gasteiger partial charge in [0, 0.05) is 5.69 Å². The summed E-state index contributed by atoms with van der Waals surface area (Å²) in [4.78, 5) is 16.4. The van der Waals surface area contributed by atoms with Crippen molar-refractivity contribution in [1.29, 1.82) is 0 Å². The van der Waals surface area contributed by atoms with Gasteiger partial charge in [0.15, 0.2) is 5.65 Å². The molecular formula is C16H14FN5O. The van der Waals surface area contributed by atoms with E-state index in [1.807, 2.05) is 10.5 Å². The maximum absolute atomic E-state index is 12.9. The first-order valence-corrected chi connectivity index (χ1v) is 7.42. The first kappa shape index (κ1) is 13.8. The standard InChI is InChI=1S/C16H14FN5O/c1-9-2-4-13-11(9)6-12(15-21-19-8-22(13)15)16(23)20-14-5-3-10(17)7-18-14/h3,5-9H,2,4H2,1H3,(H,18,20,23)/t9-/m1/s1. The van der Waals surface area contributed by atoms with E-state index in [9.17, 15) is 9.18 Å². The molecule has 0 fully saturated rings. The maximum Gasteiger partial charge on any atom is 0.260 e. The van der Waals surface area contributed by atoms with Crippen LogP contribution in [0.5, 0.6) is 0 Å². The summed E-state index contributed by atoms with van der Waals surface area (Å²) in [6.07, 6.45) is 4.70. The molecule has 0 bridgehead atoms. The Bertz CT molecular complexity index is 903. The zero-order valence-electron chi connectivity index (χ0n) is 12.5. The van der Waals surface area contributed by atoms with E-state index in [1.165, 1.54) is 12.1 Å². The fourth-order valence-electron chi connectivity index (χ4n) is 3.06. The van der Waals surface area contributed by atoms with Crippen LogP contribution in [0.15, 0.2) is 30.7 Å². The van der Waals surface area contributed by atoms with Crippen molar-refractivity contribution in [1.82, 2.24) is 19.6 Å². The number of pyridine rings is 2. The zero-order chi connectivity index (χ0) is 16.0. The third-order valence-electron chi connectivity index (χ3n) is 4.27. The van der Waals surface area contributed by atoms with E-state index < -0.39 is 5.82 Å². The molecule has 0 aromatic carbocycles. The monoisotopic (exact) mass is 311 g/mol. The second kappa shape index (κ2) is 5.12. The maximum atomic E-state index is 12.9. The Kier molecular flexibility index (Phi) is 3.07. The Morgan fingerprint density at radius 2 is 2.30 bits per heavy atom. The average molecular weight is 311 g/mol. The van der Waals surface area contributed by atoms with Gasteiger partial charge in [0.25, 0.3) is 5.91 Å². The number of rotatable bonds is 2. The molecule has 7 heteroatoms. The fraction of sp³-hybridized carbons (Fsp3) is 0.250. The summed E-state index contributed by atoms with van der Waals surface area (Å²) in [7, 11) is 0. The van der Waals surface area contributed by atoms with Crippen molar-refractivity contribution in [2.75, 3.05) is 5.32 Å². The molecule has 0 saturated heterocycles. The SMILES string of the molecule is C[C@@H]1CCc2c1cc(C(=O)Nc1ccc(F)cn1)c1nncn21. The van der Waals surface area contributed by atoms with Gasteiger partial charge in [-0.2, -0.15) is 0 Å². The number of amides is 1. The van der Waals surface area contributed by atoms with E-state index in [-0.39, 0.29) is 5.91 Å². The number of aryl methyl sites for hydroxylation is 1. The molecule has 1 aliphatic carbocycles. The highest BCUT2D eigenvalue weighted by Gasteiger charge is 2.25. The van der Waals surface area contributed by atoms with Gasteiger partial charge in [-0.15, -0.1) is 10.2 Å². The van der Waals surface area contributed by atoms with Crippen LogP contribution in [0.2, 0.25) is 0 Å². The van der Waals surface area contributed by atoms with Crippen LogP contribution in [0.3, 0.4) is 0 Å².